The lowest BCUT2D eigenvalue weighted by atomic mass is 10.1. The van der Waals surface area contributed by atoms with Crippen LogP contribution in [0.4, 0.5) is 0 Å². The zero-order valence-electron chi connectivity index (χ0n) is 13.0. The first-order chi connectivity index (χ1) is 11.7. The highest BCUT2D eigenvalue weighted by atomic mass is 16.5. The summed E-state index contributed by atoms with van der Waals surface area (Å²) in [7, 11) is 3.06. The number of hydrogen-bond acceptors (Lipinski definition) is 6. The number of methoxy groups -OCH3 is 2. The number of ether oxygens (including phenoxy) is 2. The molecule has 0 aliphatic heterocycles. The highest BCUT2D eigenvalue weighted by Gasteiger charge is 2.22. The summed E-state index contributed by atoms with van der Waals surface area (Å²) in [5, 5.41) is 17.2. The number of hydrogen-bond donors (Lipinski definition) is 1. The van der Waals surface area contributed by atoms with Gasteiger partial charge in [-0.2, -0.15) is 0 Å². The van der Waals surface area contributed by atoms with Crippen LogP contribution in [0.5, 0.6) is 11.5 Å². The predicted molar refractivity (Wildman–Crippen MR) is 84.7 cm³/mol. The topological polar surface area (TPSA) is 99.4 Å². The minimum absolute atomic E-state index is 0.143. The molecule has 0 fully saturated rings. The molecule has 122 valence electrons. The number of benzene rings is 1. The zero-order chi connectivity index (χ0) is 17.1. The number of pyridine rings is 1. The van der Waals surface area contributed by atoms with Crippen molar-refractivity contribution in [2.24, 2.45) is 0 Å². The maximum Gasteiger partial charge on any atom is 0.358 e. The van der Waals surface area contributed by atoms with E-state index in [2.05, 4.69) is 15.3 Å². The van der Waals surface area contributed by atoms with Crippen molar-refractivity contribution in [3.8, 4) is 28.4 Å². The van der Waals surface area contributed by atoms with Gasteiger partial charge < -0.3 is 14.6 Å². The van der Waals surface area contributed by atoms with Crippen LogP contribution in [0.2, 0.25) is 0 Å². The van der Waals surface area contributed by atoms with Gasteiger partial charge in [0.05, 0.1) is 19.9 Å². The molecule has 2 heterocycles. The fourth-order valence-electron chi connectivity index (χ4n) is 2.33. The van der Waals surface area contributed by atoms with Crippen LogP contribution in [0.1, 0.15) is 10.5 Å². The summed E-state index contributed by atoms with van der Waals surface area (Å²) in [6, 6.07) is 8.55. The van der Waals surface area contributed by atoms with Gasteiger partial charge in [0, 0.05) is 24.0 Å². The van der Waals surface area contributed by atoms with Crippen LogP contribution in [0, 0.1) is 0 Å². The summed E-state index contributed by atoms with van der Waals surface area (Å²) in [5.74, 6) is -0.0955. The fraction of sp³-hybridized carbons (Fsp3) is 0.125. The average molecular weight is 326 g/mol. The van der Waals surface area contributed by atoms with E-state index in [0.29, 0.717) is 28.4 Å². The van der Waals surface area contributed by atoms with Crippen molar-refractivity contribution in [2.75, 3.05) is 14.2 Å². The Balaban J connectivity index is 2.21. The Morgan fingerprint density at radius 2 is 1.79 bits per heavy atom. The first-order valence-electron chi connectivity index (χ1n) is 6.97. The molecule has 0 amide bonds. The average Bonchev–Trinajstić information content (AvgIpc) is 3.07. The van der Waals surface area contributed by atoms with Gasteiger partial charge in [-0.1, -0.05) is 5.21 Å². The Hall–Kier alpha value is -3.42. The summed E-state index contributed by atoms with van der Waals surface area (Å²) in [6.07, 6.45) is 3.15. The second-order valence-electron chi connectivity index (χ2n) is 4.78. The van der Waals surface area contributed by atoms with E-state index < -0.39 is 5.97 Å². The second-order valence-corrected chi connectivity index (χ2v) is 4.78. The van der Waals surface area contributed by atoms with E-state index in [1.54, 1.807) is 42.7 Å². The molecule has 0 atom stereocenters. The number of carboxylic acids is 1. The SMILES string of the molecule is COc1ccc(-n2nnc(C(=O)O)c2-c2ccncc2)cc1OC. The van der Waals surface area contributed by atoms with E-state index in [1.807, 2.05) is 0 Å². The minimum Gasteiger partial charge on any atom is -0.493 e. The van der Waals surface area contributed by atoms with Crippen LogP contribution >= 0.6 is 0 Å². The molecule has 1 N–H and O–H groups in total. The van der Waals surface area contributed by atoms with Gasteiger partial charge in [0.15, 0.2) is 17.2 Å². The second kappa shape index (κ2) is 6.37. The van der Waals surface area contributed by atoms with Crippen molar-refractivity contribution in [2.45, 2.75) is 0 Å². The Bertz CT molecular complexity index is 877. The number of aromatic nitrogens is 4. The number of rotatable bonds is 5. The quantitative estimate of drug-likeness (QED) is 0.766. The third kappa shape index (κ3) is 2.65. The molecule has 24 heavy (non-hydrogen) atoms. The van der Waals surface area contributed by atoms with Crippen molar-refractivity contribution in [1.29, 1.82) is 0 Å². The first kappa shape index (κ1) is 15.5. The van der Waals surface area contributed by atoms with Crippen molar-refractivity contribution in [3.63, 3.8) is 0 Å². The fourth-order valence-corrected chi connectivity index (χ4v) is 2.33. The molecule has 0 radical (unpaired) electrons. The van der Waals surface area contributed by atoms with Gasteiger partial charge in [0.25, 0.3) is 0 Å². The van der Waals surface area contributed by atoms with E-state index >= 15 is 0 Å². The largest absolute Gasteiger partial charge is 0.493 e. The molecule has 2 aromatic heterocycles. The first-order valence-corrected chi connectivity index (χ1v) is 6.97. The molecule has 0 unspecified atom stereocenters. The molecule has 0 bridgehead atoms. The zero-order valence-corrected chi connectivity index (χ0v) is 13.0. The molecule has 0 saturated heterocycles. The van der Waals surface area contributed by atoms with Gasteiger partial charge in [-0.05, 0) is 24.3 Å². The van der Waals surface area contributed by atoms with Crippen molar-refractivity contribution in [3.05, 3.63) is 48.4 Å². The molecular weight excluding hydrogens is 312 g/mol. The third-order valence-corrected chi connectivity index (χ3v) is 3.44. The summed E-state index contributed by atoms with van der Waals surface area (Å²) >= 11 is 0. The van der Waals surface area contributed by atoms with Crippen LogP contribution in [0.15, 0.2) is 42.7 Å². The minimum atomic E-state index is -1.16. The van der Waals surface area contributed by atoms with Crippen LogP contribution in [-0.4, -0.2) is 45.3 Å². The lowest BCUT2D eigenvalue weighted by Gasteiger charge is -2.11. The van der Waals surface area contributed by atoms with Gasteiger partial charge in [-0.3, -0.25) is 4.98 Å². The smallest absolute Gasteiger partial charge is 0.358 e. The molecule has 0 spiro atoms. The molecule has 3 aromatic rings. The number of carboxylic acid groups (broad SMARTS) is 1. The van der Waals surface area contributed by atoms with E-state index in [0.717, 1.165) is 0 Å². The monoisotopic (exact) mass is 326 g/mol. The van der Waals surface area contributed by atoms with E-state index in [9.17, 15) is 9.90 Å². The summed E-state index contributed by atoms with van der Waals surface area (Å²) in [4.78, 5) is 15.4. The lowest BCUT2D eigenvalue weighted by molar-refractivity contribution is 0.0691. The molecule has 0 saturated carbocycles. The summed E-state index contributed by atoms with van der Waals surface area (Å²) < 4.78 is 11.9. The van der Waals surface area contributed by atoms with E-state index in [-0.39, 0.29) is 5.69 Å². The van der Waals surface area contributed by atoms with Crippen LogP contribution in [0.25, 0.3) is 16.9 Å². The standard InChI is InChI=1S/C16H14N4O4/c1-23-12-4-3-11(9-13(12)24-2)20-15(10-5-7-17-8-6-10)14(16(21)22)18-19-20/h3-9H,1-2H3,(H,21,22). The van der Waals surface area contributed by atoms with Crippen LogP contribution in [-0.2, 0) is 0 Å². The predicted octanol–water partition coefficient (Wildman–Crippen LogP) is 2.04. The molecule has 3 rings (SSSR count). The van der Waals surface area contributed by atoms with Gasteiger partial charge in [-0.15, -0.1) is 5.10 Å². The Morgan fingerprint density at radius 1 is 1.08 bits per heavy atom. The molecule has 8 nitrogen and oxygen atoms in total. The lowest BCUT2D eigenvalue weighted by Crippen LogP contribution is -2.04. The maximum atomic E-state index is 11.5. The van der Waals surface area contributed by atoms with Gasteiger partial charge in [0.1, 0.15) is 5.69 Å². The maximum absolute atomic E-state index is 11.5. The molecule has 0 aliphatic rings. The van der Waals surface area contributed by atoms with Crippen molar-refractivity contribution >= 4 is 5.97 Å². The third-order valence-electron chi connectivity index (χ3n) is 3.44. The van der Waals surface area contributed by atoms with Crippen LogP contribution in [0.3, 0.4) is 0 Å². The highest BCUT2D eigenvalue weighted by Crippen LogP contribution is 2.31. The van der Waals surface area contributed by atoms with Crippen molar-refractivity contribution in [1.82, 2.24) is 20.0 Å². The Labute approximate surface area is 137 Å². The number of carbonyl (C=O) groups is 1. The Morgan fingerprint density at radius 3 is 2.42 bits per heavy atom. The molecule has 8 heteroatoms. The van der Waals surface area contributed by atoms with Gasteiger partial charge in [-0.25, -0.2) is 9.48 Å². The highest BCUT2D eigenvalue weighted by molar-refractivity contribution is 5.93. The van der Waals surface area contributed by atoms with E-state index in [1.165, 1.54) is 18.9 Å². The molecule has 0 aliphatic carbocycles. The Kier molecular flexibility index (Phi) is 4.11. The van der Waals surface area contributed by atoms with E-state index in [4.69, 9.17) is 9.47 Å². The summed E-state index contributed by atoms with van der Waals surface area (Å²) in [6.45, 7) is 0. The summed E-state index contributed by atoms with van der Waals surface area (Å²) in [5.41, 5.74) is 1.45. The van der Waals surface area contributed by atoms with Crippen LogP contribution < -0.4 is 9.47 Å². The molecule has 1 aromatic carbocycles. The van der Waals surface area contributed by atoms with Gasteiger partial charge >= 0.3 is 5.97 Å². The number of aromatic carboxylic acids is 1. The number of nitrogens with zero attached hydrogens (tertiary/aromatic N) is 4. The normalized spacial score (nSPS) is 10.4. The van der Waals surface area contributed by atoms with Gasteiger partial charge in [0.2, 0.25) is 0 Å². The molecular formula is C16H14N4O4. The van der Waals surface area contributed by atoms with Crippen molar-refractivity contribution < 1.29 is 19.4 Å².